The van der Waals surface area contributed by atoms with E-state index in [0.29, 0.717) is 11.8 Å². The van der Waals surface area contributed by atoms with Crippen molar-refractivity contribution in [2.45, 2.75) is 58.3 Å². The average molecular weight is 453 g/mol. The van der Waals surface area contributed by atoms with Crippen molar-refractivity contribution in [2.75, 3.05) is 13.2 Å². The number of ether oxygens (including phenoxy) is 2. The zero-order valence-electron chi connectivity index (χ0n) is 20.4. The molecular weight excluding hydrogens is 416 g/mol. The molecule has 0 spiro atoms. The van der Waals surface area contributed by atoms with Crippen LogP contribution in [0, 0.1) is 17.8 Å². The van der Waals surface area contributed by atoms with Crippen LogP contribution in [0.3, 0.4) is 0 Å². The SMILES string of the molecule is CCCC1CCC(C2COc3ccc4c(c3-c3c(ccc5ccccc35)OC2)CC=CC4)CC1. The van der Waals surface area contributed by atoms with Crippen molar-refractivity contribution in [1.82, 2.24) is 0 Å². The van der Waals surface area contributed by atoms with Crippen LogP contribution in [0.4, 0.5) is 0 Å². The molecule has 0 N–H and O–H groups in total. The molecule has 0 bridgehead atoms. The Morgan fingerprint density at radius 2 is 1.47 bits per heavy atom. The highest BCUT2D eigenvalue weighted by atomic mass is 16.5. The molecule has 6 rings (SSSR count). The largest absolute Gasteiger partial charge is 0.492 e. The molecule has 1 unspecified atom stereocenters. The Balaban J connectivity index is 1.42. The Morgan fingerprint density at radius 1 is 0.735 bits per heavy atom. The molecule has 3 aromatic rings. The summed E-state index contributed by atoms with van der Waals surface area (Å²) in [6, 6.07) is 17.6. The van der Waals surface area contributed by atoms with Crippen molar-refractivity contribution < 1.29 is 9.47 Å². The summed E-state index contributed by atoms with van der Waals surface area (Å²) in [4.78, 5) is 0. The minimum Gasteiger partial charge on any atom is -0.492 e. The summed E-state index contributed by atoms with van der Waals surface area (Å²) in [6.07, 6.45) is 14.6. The van der Waals surface area contributed by atoms with Crippen LogP contribution in [0.25, 0.3) is 21.9 Å². The molecule has 2 aliphatic carbocycles. The number of benzene rings is 3. The highest BCUT2D eigenvalue weighted by Gasteiger charge is 2.31. The Labute approximate surface area is 204 Å². The Kier molecular flexibility index (Phi) is 6.07. The van der Waals surface area contributed by atoms with Crippen molar-refractivity contribution in [1.29, 1.82) is 0 Å². The van der Waals surface area contributed by atoms with Crippen LogP contribution in [0.2, 0.25) is 0 Å². The maximum Gasteiger partial charge on any atom is 0.127 e. The van der Waals surface area contributed by atoms with E-state index in [0.717, 1.165) is 43.5 Å². The first-order chi connectivity index (χ1) is 16.8. The van der Waals surface area contributed by atoms with Gasteiger partial charge in [0.05, 0.1) is 13.2 Å². The second-order valence-corrected chi connectivity index (χ2v) is 10.6. The van der Waals surface area contributed by atoms with Gasteiger partial charge in [-0.1, -0.05) is 81.2 Å². The van der Waals surface area contributed by atoms with E-state index >= 15 is 0 Å². The van der Waals surface area contributed by atoms with E-state index in [1.807, 2.05) is 0 Å². The van der Waals surface area contributed by atoms with Gasteiger partial charge in [0.1, 0.15) is 11.5 Å². The second-order valence-electron chi connectivity index (χ2n) is 10.6. The number of hydrogen-bond acceptors (Lipinski definition) is 2. The molecule has 0 saturated heterocycles. The van der Waals surface area contributed by atoms with E-state index in [1.54, 1.807) is 0 Å². The summed E-state index contributed by atoms with van der Waals surface area (Å²) >= 11 is 0. The maximum atomic E-state index is 6.72. The third kappa shape index (κ3) is 4.02. The van der Waals surface area contributed by atoms with Gasteiger partial charge in [0.25, 0.3) is 0 Å². The predicted octanol–water partition coefficient (Wildman–Crippen LogP) is 8.16. The molecule has 3 aliphatic rings. The Bertz CT molecular complexity index is 1200. The molecule has 2 nitrogen and oxygen atoms in total. The molecular formula is C32H36O2. The fourth-order valence-electron chi connectivity index (χ4n) is 6.60. The molecule has 1 fully saturated rings. The van der Waals surface area contributed by atoms with Crippen LogP contribution in [0.15, 0.2) is 60.7 Å². The molecule has 2 heteroatoms. The van der Waals surface area contributed by atoms with Gasteiger partial charge in [-0.15, -0.1) is 0 Å². The monoisotopic (exact) mass is 452 g/mol. The first-order valence-corrected chi connectivity index (χ1v) is 13.4. The van der Waals surface area contributed by atoms with E-state index in [-0.39, 0.29) is 0 Å². The zero-order chi connectivity index (χ0) is 22.9. The molecule has 1 heterocycles. The standard InChI is InChI=1S/C32H36O2/c1-2-7-22-12-14-23(15-13-22)26-20-33-29-18-16-24-8-3-5-10-27(24)31(29)32-28-11-6-4-9-25(28)17-19-30(32)34-21-26/h3-6,8,10,16-19,22-23,26H,2,7,9,11-15,20-21H2,1H3. The fraction of sp³-hybridized carbons (Fsp3) is 0.438. The van der Waals surface area contributed by atoms with Gasteiger partial charge in [-0.05, 0) is 71.6 Å². The van der Waals surface area contributed by atoms with Crippen molar-refractivity contribution in [2.24, 2.45) is 17.8 Å². The number of fused-ring (bicyclic) bond motifs is 7. The van der Waals surface area contributed by atoms with Crippen LogP contribution in [-0.2, 0) is 12.8 Å². The van der Waals surface area contributed by atoms with Gasteiger partial charge in [0.15, 0.2) is 0 Å². The lowest BCUT2D eigenvalue weighted by atomic mass is 9.75. The number of hydrogen-bond donors (Lipinski definition) is 0. The molecule has 3 aromatic carbocycles. The van der Waals surface area contributed by atoms with Gasteiger partial charge in [-0.3, -0.25) is 0 Å². The van der Waals surface area contributed by atoms with Gasteiger partial charge >= 0.3 is 0 Å². The summed E-state index contributed by atoms with van der Waals surface area (Å²) in [6.45, 7) is 3.81. The van der Waals surface area contributed by atoms with Crippen LogP contribution >= 0.6 is 0 Å². The quantitative estimate of drug-likeness (QED) is 0.373. The van der Waals surface area contributed by atoms with Crippen molar-refractivity contribution in [3.63, 3.8) is 0 Å². The second kappa shape index (κ2) is 9.49. The Morgan fingerprint density at radius 3 is 2.29 bits per heavy atom. The average Bonchev–Trinajstić information content (AvgIpc) is 2.97. The molecule has 0 aromatic heterocycles. The topological polar surface area (TPSA) is 18.5 Å². The highest BCUT2D eigenvalue weighted by molar-refractivity contribution is 6.02. The van der Waals surface area contributed by atoms with Gasteiger partial charge in [-0.2, -0.15) is 0 Å². The van der Waals surface area contributed by atoms with Crippen molar-refractivity contribution >= 4 is 10.8 Å². The third-order valence-electron chi connectivity index (χ3n) is 8.50. The minimum atomic E-state index is 0.434. The minimum absolute atomic E-state index is 0.434. The highest BCUT2D eigenvalue weighted by Crippen LogP contribution is 2.47. The van der Waals surface area contributed by atoms with E-state index in [1.165, 1.54) is 71.6 Å². The normalized spacial score (nSPS) is 24.0. The van der Waals surface area contributed by atoms with Gasteiger partial charge in [0.2, 0.25) is 0 Å². The van der Waals surface area contributed by atoms with E-state index in [9.17, 15) is 0 Å². The van der Waals surface area contributed by atoms with Gasteiger partial charge < -0.3 is 9.47 Å². The molecule has 0 amide bonds. The fourth-order valence-corrected chi connectivity index (χ4v) is 6.60. The predicted molar refractivity (Wildman–Crippen MR) is 141 cm³/mol. The number of allylic oxidation sites excluding steroid dienone is 2. The van der Waals surface area contributed by atoms with E-state index in [2.05, 4.69) is 67.6 Å². The smallest absolute Gasteiger partial charge is 0.127 e. The summed E-state index contributed by atoms with van der Waals surface area (Å²) in [5.41, 5.74) is 5.28. The van der Waals surface area contributed by atoms with E-state index in [4.69, 9.17) is 9.47 Å². The maximum absolute atomic E-state index is 6.72. The van der Waals surface area contributed by atoms with Crippen molar-refractivity contribution in [3.05, 3.63) is 71.8 Å². The van der Waals surface area contributed by atoms with Crippen LogP contribution in [0.1, 0.15) is 56.6 Å². The summed E-state index contributed by atoms with van der Waals surface area (Å²) in [5, 5.41) is 2.51. The van der Waals surface area contributed by atoms with E-state index < -0.39 is 0 Å². The molecule has 1 saturated carbocycles. The summed E-state index contributed by atoms with van der Waals surface area (Å²) in [5.74, 6) is 4.09. The van der Waals surface area contributed by atoms with Gasteiger partial charge in [0, 0.05) is 17.0 Å². The van der Waals surface area contributed by atoms with Gasteiger partial charge in [-0.25, -0.2) is 0 Å². The molecule has 0 radical (unpaired) electrons. The lowest BCUT2D eigenvalue weighted by molar-refractivity contribution is 0.0982. The molecule has 176 valence electrons. The summed E-state index contributed by atoms with van der Waals surface area (Å²) < 4.78 is 13.4. The first kappa shape index (κ1) is 21.8. The third-order valence-corrected chi connectivity index (χ3v) is 8.50. The molecule has 1 aliphatic heterocycles. The first-order valence-electron chi connectivity index (χ1n) is 13.4. The summed E-state index contributed by atoms with van der Waals surface area (Å²) in [7, 11) is 0. The molecule has 1 atom stereocenters. The number of rotatable bonds is 3. The van der Waals surface area contributed by atoms with Crippen LogP contribution < -0.4 is 9.47 Å². The lowest BCUT2D eigenvalue weighted by Crippen LogP contribution is -2.30. The Hall–Kier alpha value is -2.74. The van der Waals surface area contributed by atoms with Crippen LogP contribution in [-0.4, -0.2) is 13.2 Å². The molecule has 34 heavy (non-hydrogen) atoms. The lowest BCUT2D eigenvalue weighted by Gasteiger charge is -2.33. The van der Waals surface area contributed by atoms with Crippen molar-refractivity contribution in [3.8, 4) is 22.6 Å². The zero-order valence-corrected chi connectivity index (χ0v) is 20.4. The van der Waals surface area contributed by atoms with Crippen LogP contribution in [0.5, 0.6) is 11.5 Å².